The number of amides is 3. The van der Waals surface area contributed by atoms with E-state index < -0.39 is 28.7 Å². The Morgan fingerprint density at radius 1 is 1.10 bits per heavy atom. The summed E-state index contributed by atoms with van der Waals surface area (Å²) in [5.41, 5.74) is 3.41. The van der Waals surface area contributed by atoms with Crippen molar-refractivity contribution in [1.82, 2.24) is 4.90 Å². The van der Waals surface area contributed by atoms with Gasteiger partial charge in [0.25, 0.3) is 5.91 Å². The highest BCUT2D eigenvalue weighted by Gasteiger charge is 2.76. The number of nitrogens with zero attached hydrogens (tertiary/aromatic N) is 3. The highest BCUT2D eigenvalue weighted by atomic mass is 79.9. The van der Waals surface area contributed by atoms with Crippen LogP contribution in [0.1, 0.15) is 44.7 Å². The first-order chi connectivity index (χ1) is 22.9. The van der Waals surface area contributed by atoms with Crippen LogP contribution in [0.3, 0.4) is 0 Å². The van der Waals surface area contributed by atoms with Gasteiger partial charge in [-0.3, -0.25) is 14.4 Å². The predicted octanol–water partition coefficient (Wildman–Crippen LogP) is 6.31. The molecule has 0 saturated carbocycles. The molecule has 3 heterocycles. The third-order valence-corrected chi connectivity index (χ3v) is 13.1. The molecule has 48 heavy (non-hydrogen) atoms. The number of thioether (sulfide) groups is 1. The molecule has 3 amide bonds. The van der Waals surface area contributed by atoms with Gasteiger partial charge in [-0.15, -0.1) is 24.9 Å². The summed E-state index contributed by atoms with van der Waals surface area (Å²) in [6.07, 6.45) is 4.47. The molecule has 258 valence electrons. The first kappa shape index (κ1) is 36.2. The third kappa shape index (κ3) is 6.36. The van der Waals surface area contributed by atoms with Gasteiger partial charge >= 0.3 is 0 Å². The second-order valence-corrected chi connectivity index (χ2v) is 16.3. The van der Waals surface area contributed by atoms with E-state index in [1.807, 2.05) is 77.1 Å². The van der Waals surface area contributed by atoms with Crippen LogP contribution in [0.4, 0.5) is 11.4 Å². The number of anilines is 2. The monoisotopic (exact) mass is 737 g/mol. The number of aryl methyl sites for hydroxylation is 2. The number of hydrogen-bond acceptors (Lipinski definition) is 6. The van der Waals surface area contributed by atoms with Crippen molar-refractivity contribution in [2.75, 3.05) is 36.1 Å². The SMILES string of the molecule is C=CCN(C(=O)[C@H]1[C@@H]2SC3(CC2Br)C(C(=O)N(CC=C)c2cc(C)ccc2C)N([C@@H](CO)CC(C)C)C(=O)[C@H]13)c1ccc(OCC)cc1. The maximum absolute atomic E-state index is 15.2. The molecule has 2 aromatic rings. The quantitative estimate of drug-likeness (QED) is 0.181. The molecule has 3 aliphatic heterocycles. The van der Waals surface area contributed by atoms with Crippen molar-refractivity contribution in [2.24, 2.45) is 17.8 Å². The second-order valence-electron chi connectivity index (χ2n) is 13.6. The Kier molecular flexibility index (Phi) is 11.2. The van der Waals surface area contributed by atoms with Crippen LogP contribution in [0.5, 0.6) is 5.75 Å². The van der Waals surface area contributed by atoms with Gasteiger partial charge in [0.05, 0.1) is 35.8 Å². The van der Waals surface area contributed by atoms with Gasteiger partial charge in [0.15, 0.2) is 0 Å². The number of rotatable bonds is 14. The van der Waals surface area contributed by atoms with E-state index in [1.54, 1.807) is 38.6 Å². The lowest BCUT2D eigenvalue weighted by Gasteiger charge is -2.40. The molecule has 0 radical (unpaired) electrons. The summed E-state index contributed by atoms with van der Waals surface area (Å²) in [4.78, 5) is 49.9. The highest BCUT2D eigenvalue weighted by Crippen LogP contribution is 2.68. The smallest absolute Gasteiger partial charge is 0.251 e. The van der Waals surface area contributed by atoms with Gasteiger partial charge in [-0.2, -0.15) is 0 Å². The van der Waals surface area contributed by atoms with E-state index in [4.69, 9.17) is 4.74 Å². The number of aliphatic hydroxyl groups excluding tert-OH is 1. The number of benzene rings is 2. The molecule has 1 N–H and O–H groups in total. The molecule has 7 atom stereocenters. The summed E-state index contributed by atoms with van der Waals surface area (Å²) in [6.45, 7) is 18.6. The van der Waals surface area contributed by atoms with E-state index in [-0.39, 0.29) is 53.4 Å². The fourth-order valence-corrected chi connectivity index (χ4v) is 11.5. The summed E-state index contributed by atoms with van der Waals surface area (Å²) in [5, 5.41) is 10.6. The van der Waals surface area contributed by atoms with E-state index in [0.29, 0.717) is 30.9 Å². The number of likely N-dealkylation sites (tertiary alicyclic amines) is 1. The highest BCUT2D eigenvalue weighted by molar-refractivity contribution is 9.09. The topological polar surface area (TPSA) is 90.4 Å². The van der Waals surface area contributed by atoms with Crippen LogP contribution in [0.15, 0.2) is 67.8 Å². The van der Waals surface area contributed by atoms with Gasteiger partial charge < -0.3 is 24.5 Å². The minimum absolute atomic E-state index is 0.0899. The number of fused-ring (bicyclic) bond motifs is 1. The van der Waals surface area contributed by atoms with Crippen LogP contribution in [0.2, 0.25) is 0 Å². The first-order valence-electron chi connectivity index (χ1n) is 16.8. The largest absolute Gasteiger partial charge is 0.494 e. The summed E-state index contributed by atoms with van der Waals surface area (Å²) in [5.74, 6) is -1.15. The van der Waals surface area contributed by atoms with Gasteiger partial charge in [0, 0.05) is 34.5 Å². The standard InChI is InChI=1S/C38H48BrN3O5S/c1-8-17-40(26-13-15-28(16-14-26)47-10-3)35(44)31-32-36(45)42(27(22-43)19-23(4)5)34(38(32)21-29(39)33(31)48-38)37(46)41(18-9-2)30-20-24(6)11-12-25(30)7/h8-9,11-16,20,23,27,29,31-34,43H,1-2,10,17-19,21-22H2,3-7H3/t27-,29?,31-,32+,33-,34?,38?/m1/s1. The summed E-state index contributed by atoms with van der Waals surface area (Å²) in [7, 11) is 0. The molecule has 2 bridgehead atoms. The second kappa shape index (κ2) is 14.8. The average Bonchev–Trinajstić information content (AvgIpc) is 3.65. The summed E-state index contributed by atoms with van der Waals surface area (Å²) in [6, 6.07) is 11.9. The summed E-state index contributed by atoms with van der Waals surface area (Å²) >= 11 is 5.51. The first-order valence-corrected chi connectivity index (χ1v) is 18.6. The molecule has 0 aliphatic carbocycles. The molecule has 3 saturated heterocycles. The number of hydrogen-bond donors (Lipinski definition) is 1. The van der Waals surface area contributed by atoms with Gasteiger partial charge in [-0.05, 0) is 81.0 Å². The molecule has 8 nitrogen and oxygen atoms in total. The molecular weight excluding hydrogens is 690 g/mol. The number of alkyl halides is 1. The molecular formula is C38H48BrN3O5S. The van der Waals surface area contributed by atoms with Crippen LogP contribution < -0.4 is 14.5 Å². The van der Waals surface area contributed by atoms with Crippen LogP contribution in [-0.2, 0) is 14.4 Å². The fraction of sp³-hybridized carbons (Fsp3) is 0.500. The molecule has 5 rings (SSSR count). The van der Waals surface area contributed by atoms with Crippen molar-refractivity contribution in [2.45, 2.75) is 74.4 Å². The Labute approximate surface area is 297 Å². The minimum atomic E-state index is -0.878. The lowest BCUT2D eigenvalue weighted by molar-refractivity contribution is -0.142. The number of aliphatic hydroxyl groups is 1. The Morgan fingerprint density at radius 3 is 2.38 bits per heavy atom. The maximum atomic E-state index is 15.2. The van der Waals surface area contributed by atoms with Crippen molar-refractivity contribution in [3.63, 3.8) is 0 Å². The number of halogens is 1. The van der Waals surface area contributed by atoms with Crippen molar-refractivity contribution in [1.29, 1.82) is 0 Å². The van der Waals surface area contributed by atoms with E-state index in [1.165, 1.54) is 0 Å². The van der Waals surface area contributed by atoms with E-state index >= 15 is 4.79 Å². The number of carbonyl (C=O) groups is 3. The minimum Gasteiger partial charge on any atom is -0.494 e. The van der Waals surface area contributed by atoms with Crippen molar-refractivity contribution < 1.29 is 24.2 Å². The Hall–Kier alpha value is -3.08. The molecule has 1 spiro atoms. The van der Waals surface area contributed by atoms with Crippen LogP contribution in [0.25, 0.3) is 0 Å². The average molecular weight is 739 g/mol. The Balaban J connectivity index is 1.63. The maximum Gasteiger partial charge on any atom is 0.251 e. The molecule has 2 aromatic carbocycles. The number of ether oxygens (including phenoxy) is 1. The molecule has 3 fully saturated rings. The van der Waals surface area contributed by atoms with Crippen LogP contribution in [0, 0.1) is 31.6 Å². The lowest BCUT2D eigenvalue weighted by Crippen LogP contribution is -2.58. The van der Waals surface area contributed by atoms with Gasteiger partial charge in [0.2, 0.25) is 11.8 Å². The molecule has 3 unspecified atom stereocenters. The van der Waals surface area contributed by atoms with Crippen molar-refractivity contribution in [3.05, 3.63) is 78.9 Å². The van der Waals surface area contributed by atoms with Gasteiger partial charge in [-0.25, -0.2) is 0 Å². The van der Waals surface area contributed by atoms with Crippen LogP contribution >= 0.6 is 27.7 Å². The molecule has 0 aromatic heterocycles. The Bertz CT molecular complexity index is 1550. The third-order valence-electron chi connectivity index (χ3n) is 9.86. The molecule has 10 heteroatoms. The van der Waals surface area contributed by atoms with Crippen molar-refractivity contribution in [3.8, 4) is 5.75 Å². The summed E-state index contributed by atoms with van der Waals surface area (Å²) < 4.78 is 4.76. The van der Waals surface area contributed by atoms with Crippen molar-refractivity contribution >= 4 is 56.8 Å². The normalized spacial score (nSPS) is 26.4. The number of carbonyl (C=O) groups excluding carboxylic acids is 3. The molecule has 3 aliphatic rings. The van der Waals surface area contributed by atoms with Crippen LogP contribution in [-0.4, -0.2) is 80.9 Å². The predicted molar refractivity (Wildman–Crippen MR) is 198 cm³/mol. The zero-order chi connectivity index (χ0) is 34.9. The zero-order valence-corrected chi connectivity index (χ0v) is 31.0. The van der Waals surface area contributed by atoms with Gasteiger partial charge in [-0.1, -0.05) is 54.1 Å². The van der Waals surface area contributed by atoms with Gasteiger partial charge in [0.1, 0.15) is 11.8 Å². The van der Waals surface area contributed by atoms with E-state index in [9.17, 15) is 14.7 Å². The Morgan fingerprint density at radius 2 is 1.77 bits per heavy atom. The van der Waals surface area contributed by atoms with E-state index in [2.05, 4.69) is 29.1 Å². The zero-order valence-electron chi connectivity index (χ0n) is 28.6. The fourth-order valence-electron chi connectivity index (χ4n) is 7.96. The lowest BCUT2D eigenvalue weighted by atomic mass is 9.70. The van der Waals surface area contributed by atoms with E-state index in [0.717, 1.165) is 16.8 Å².